The smallest absolute Gasteiger partial charge is 0.117 e. The molecule has 1 unspecified atom stereocenters. The van der Waals surface area contributed by atoms with Gasteiger partial charge >= 0.3 is 0 Å². The van der Waals surface area contributed by atoms with Crippen molar-refractivity contribution in [1.29, 1.82) is 0 Å². The quantitative estimate of drug-likeness (QED) is 0.660. The number of fused-ring (bicyclic) bond motifs is 1. The average Bonchev–Trinajstić information content (AvgIpc) is 2.00. The van der Waals surface area contributed by atoms with Crippen molar-refractivity contribution in [1.82, 2.24) is 0 Å². The Morgan fingerprint density at radius 1 is 1.43 bits per heavy atom. The third-order valence-electron chi connectivity index (χ3n) is 2.86. The van der Waals surface area contributed by atoms with Crippen molar-refractivity contribution in [3.8, 4) is 5.75 Å². The molecule has 2 heteroatoms. The predicted molar refractivity (Wildman–Crippen MR) is 58.8 cm³/mol. The van der Waals surface area contributed by atoms with E-state index in [1.165, 1.54) is 5.56 Å². The summed E-state index contributed by atoms with van der Waals surface area (Å²) in [6, 6.07) is 5.58. The predicted octanol–water partition coefficient (Wildman–Crippen LogP) is 3.09. The second-order valence-electron chi connectivity index (χ2n) is 4.89. The zero-order valence-corrected chi connectivity index (χ0v) is 8.96. The van der Waals surface area contributed by atoms with Gasteiger partial charge in [0.15, 0.2) is 0 Å². The first-order valence-electron chi connectivity index (χ1n) is 5.09. The van der Waals surface area contributed by atoms with Gasteiger partial charge in [0.05, 0.1) is 0 Å². The minimum Gasteiger partial charge on any atom is -0.508 e. The third-order valence-corrected chi connectivity index (χ3v) is 2.86. The fourth-order valence-corrected chi connectivity index (χ4v) is 2.37. The SMILES string of the molecule is CC1CC(C)(C)Nc2cc(O)ccc21. The van der Waals surface area contributed by atoms with Gasteiger partial charge in [-0.25, -0.2) is 0 Å². The van der Waals surface area contributed by atoms with Crippen LogP contribution >= 0.6 is 0 Å². The van der Waals surface area contributed by atoms with E-state index in [1.54, 1.807) is 6.07 Å². The molecule has 0 aliphatic carbocycles. The first kappa shape index (κ1) is 9.38. The Bertz CT molecular complexity index is 357. The van der Waals surface area contributed by atoms with Crippen molar-refractivity contribution < 1.29 is 5.11 Å². The zero-order chi connectivity index (χ0) is 10.3. The average molecular weight is 191 g/mol. The maximum Gasteiger partial charge on any atom is 0.117 e. The molecule has 1 heterocycles. The van der Waals surface area contributed by atoms with Crippen LogP contribution in [0.1, 0.15) is 38.7 Å². The summed E-state index contributed by atoms with van der Waals surface area (Å²) in [6.45, 7) is 6.62. The van der Waals surface area contributed by atoms with Gasteiger partial charge in [-0.3, -0.25) is 0 Å². The Kier molecular flexibility index (Phi) is 1.95. The van der Waals surface area contributed by atoms with E-state index in [9.17, 15) is 5.11 Å². The number of hydrogen-bond acceptors (Lipinski definition) is 2. The van der Waals surface area contributed by atoms with Crippen molar-refractivity contribution >= 4 is 5.69 Å². The summed E-state index contributed by atoms with van der Waals surface area (Å²) in [4.78, 5) is 0. The highest BCUT2D eigenvalue weighted by Crippen LogP contribution is 2.39. The Morgan fingerprint density at radius 3 is 2.86 bits per heavy atom. The van der Waals surface area contributed by atoms with Crippen LogP contribution in [-0.4, -0.2) is 10.6 Å². The van der Waals surface area contributed by atoms with Crippen LogP contribution in [0.15, 0.2) is 18.2 Å². The molecule has 1 aliphatic rings. The highest BCUT2D eigenvalue weighted by atomic mass is 16.3. The van der Waals surface area contributed by atoms with E-state index >= 15 is 0 Å². The van der Waals surface area contributed by atoms with Crippen molar-refractivity contribution in [3.05, 3.63) is 23.8 Å². The molecule has 76 valence electrons. The van der Waals surface area contributed by atoms with Gasteiger partial charge in [0.2, 0.25) is 0 Å². The Hall–Kier alpha value is -1.18. The van der Waals surface area contributed by atoms with Crippen molar-refractivity contribution in [2.24, 2.45) is 0 Å². The summed E-state index contributed by atoms with van der Waals surface area (Å²) in [5.41, 5.74) is 2.51. The van der Waals surface area contributed by atoms with Gasteiger partial charge in [-0.2, -0.15) is 0 Å². The van der Waals surface area contributed by atoms with Crippen LogP contribution in [0.3, 0.4) is 0 Å². The largest absolute Gasteiger partial charge is 0.508 e. The Labute approximate surface area is 85.0 Å². The fraction of sp³-hybridized carbons (Fsp3) is 0.500. The van der Waals surface area contributed by atoms with Gasteiger partial charge in [-0.1, -0.05) is 13.0 Å². The zero-order valence-electron chi connectivity index (χ0n) is 8.96. The highest BCUT2D eigenvalue weighted by Gasteiger charge is 2.28. The number of benzene rings is 1. The molecule has 1 atom stereocenters. The van der Waals surface area contributed by atoms with Gasteiger partial charge in [0.1, 0.15) is 5.75 Å². The van der Waals surface area contributed by atoms with Gasteiger partial charge in [-0.05, 0) is 37.8 Å². The molecule has 0 saturated heterocycles. The van der Waals surface area contributed by atoms with E-state index < -0.39 is 0 Å². The van der Waals surface area contributed by atoms with E-state index in [-0.39, 0.29) is 5.54 Å². The van der Waals surface area contributed by atoms with E-state index in [4.69, 9.17) is 0 Å². The maximum absolute atomic E-state index is 9.40. The number of aromatic hydroxyl groups is 1. The molecule has 2 rings (SSSR count). The molecular weight excluding hydrogens is 174 g/mol. The molecule has 0 amide bonds. The molecule has 2 N–H and O–H groups in total. The van der Waals surface area contributed by atoms with Crippen LogP contribution in [0, 0.1) is 0 Å². The molecule has 0 aromatic heterocycles. The van der Waals surface area contributed by atoms with Crippen LogP contribution in [0.5, 0.6) is 5.75 Å². The second-order valence-corrected chi connectivity index (χ2v) is 4.89. The monoisotopic (exact) mass is 191 g/mol. The van der Waals surface area contributed by atoms with Crippen LogP contribution in [-0.2, 0) is 0 Å². The number of anilines is 1. The Balaban J connectivity index is 2.46. The summed E-state index contributed by atoms with van der Waals surface area (Å²) in [5, 5.41) is 12.9. The lowest BCUT2D eigenvalue weighted by Crippen LogP contribution is -2.36. The molecule has 1 aromatic rings. The standard InChI is InChI=1S/C12H17NO/c1-8-7-12(2,3)13-11-6-9(14)4-5-10(8)11/h4-6,8,13-14H,7H2,1-3H3. The van der Waals surface area contributed by atoms with E-state index in [0.717, 1.165) is 12.1 Å². The summed E-state index contributed by atoms with van der Waals surface area (Å²) in [5.74, 6) is 0.892. The molecule has 14 heavy (non-hydrogen) atoms. The molecule has 0 saturated carbocycles. The summed E-state index contributed by atoms with van der Waals surface area (Å²) >= 11 is 0. The topological polar surface area (TPSA) is 32.3 Å². The van der Waals surface area contributed by atoms with E-state index in [0.29, 0.717) is 11.7 Å². The Morgan fingerprint density at radius 2 is 2.14 bits per heavy atom. The summed E-state index contributed by atoms with van der Waals surface area (Å²) in [7, 11) is 0. The number of nitrogens with one attached hydrogen (secondary N) is 1. The maximum atomic E-state index is 9.40. The molecule has 0 radical (unpaired) electrons. The van der Waals surface area contributed by atoms with Crippen LogP contribution < -0.4 is 5.32 Å². The van der Waals surface area contributed by atoms with Gasteiger partial charge < -0.3 is 10.4 Å². The molecule has 0 fully saturated rings. The minimum atomic E-state index is 0.125. The summed E-state index contributed by atoms with van der Waals surface area (Å²) < 4.78 is 0. The second kappa shape index (κ2) is 2.91. The molecule has 1 aliphatic heterocycles. The fourth-order valence-electron chi connectivity index (χ4n) is 2.37. The van der Waals surface area contributed by atoms with Crippen molar-refractivity contribution in [3.63, 3.8) is 0 Å². The number of phenolic OH excluding ortho intramolecular Hbond substituents is 1. The van der Waals surface area contributed by atoms with Gasteiger partial charge in [-0.15, -0.1) is 0 Å². The lowest BCUT2D eigenvalue weighted by Gasteiger charge is -2.37. The molecule has 2 nitrogen and oxygen atoms in total. The number of hydrogen-bond donors (Lipinski definition) is 2. The molecule has 0 bridgehead atoms. The van der Waals surface area contributed by atoms with Gasteiger partial charge in [0.25, 0.3) is 0 Å². The molecular formula is C12H17NO. The van der Waals surface area contributed by atoms with E-state index in [1.807, 2.05) is 12.1 Å². The lowest BCUT2D eigenvalue weighted by atomic mass is 9.82. The molecule has 0 spiro atoms. The first-order valence-corrected chi connectivity index (χ1v) is 5.09. The van der Waals surface area contributed by atoms with Crippen molar-refractivity contribution in [2.75, 3.05) is 5.32 Å². The number of phenols is 1. The van der Waals surface area contributed by atoms with Crippen LogP contribution in [0.25, 0.3) is 0 Å². The highest BCUT2D eigenvalue weighted by molar-refractivity contribution is 5.59. The minimum absolute atomic E-state index is 0.125. The first-order chi connectivity index (χ1) is 6.48. The van der Waals surface area contributed by atoms with E-state index in [2.05, 4.69) is 26.1 Å². The van der Waals surface area contributed by atoms with Crippen LogP contribution in [0.4, 0.5) is 5.69 Å². The third kappa shape index (κ3) is 1.57. The number of rotatable bonds is 0. The molecule has 1 aromatic carbocycles. The summed E-state index contributed by atoms with van der Waals surface area (Å²) in [6.07, 6.45) is 1.13. The lowest BCUT2D eigenvalue weighted by molar-refractivity contribution is 0.448. The van der Waals surface area contributed by atoms with Crippen molar-refractivity contribution in [2.45, 2.75) is 38.6 Å². The van der Waals surface area contributed by atoms with Gasteiger partial charge in [0, 0.05) is 17.3 Å². The van der Waals surface area contributed by atoms with Crippen LogP contribution in [0.2, 0.25) is 0 Å². The normalized spacial score (nSPS) is 23.8.